The molecule has 0 bridgehead atoms. The maximum atomic E-state index is 9.90. The van der Waals surface area contributed by atoms with Crippen LogP contribution in [-0.2, 0) is 4.43 Å². The molecule has 2 nitrogen and oxygen atoms in total. The van der Waals surface area contributed by atoms with Gasteiger partial charge in [-0.05, 0) is 43.0 Å². The summed E-state index contributed by atoms with van der Waals surface area (Å²) in [5, 5.41) is 10.1. The van der Waals surface area contributed by atoms with E-state index in [4.69, 9.17) is 4.43 Å². The monoisotopic (exact) mass is 272 g/mol. The first kappa shape index (κ1) is 17.9. The van der Waals surface area contributed by atoms with Crippen molar-refractivity contribution in [3.8, 4) is 0 Å². The highest BCUT2D eigenvalue weighted by Crippen LogP contribution is 2.38. The third-order valence-corrected chi connectivity index (χ3v) is 8.65. The summed E-state index contributed by atoms with van der Waals surface area (Å²) in [4.78, 5) is 0. The van der Waals surface area contributed by atoms with Gasteiger partial charge >= 0.3 is 0 Å². The molecule has 0 radical (unpaired) electrons. The van der Waals surface area contributed by atoms with Gasteiger partial charge in [0.2, 0.25) is 0 Å². The second-order valence-corrected chi connectivity index (χ2v) is 12.0. The number of hydrogen-bond donors (Lipinski definition) is 1. The van der Waals surface area contributed by atoms with Gasteiger partial charge in [-0.25, -0.2) is 0 Å². The summed E-state index contributed by atoms with van der Waals surface area (Å²) >= 11 is 0. The SMILES string of the molecule is C=C(C[C@@H](O)C(C)C)[C@H](C)O[Si](C)(C)C(C)(C)C. The Morgan fingerprint density at radius 1 is 1.22 bits per heavy atom. The van der Waals surface area contributed by atoms with E-state index in [1.807, 2.05) is 13.8 Å². The van der Waals surface area contributed by atoms with E-state index < -0.39 is 8.32 Å². The second-order valence-electron chi connectivity index (χ2n) is 7.19. The molecule has 0 aliphatic heterocycles. The van der Waals surface area contributed by atoms with Crippen molar-refractivity contribution >= 4 is 8.32 Å². The lowest BCUT2D eigenvalue weighted by molar-refractivity contribution is 0.116. The summed E-state index contributed by atoms with van der Waals surface area (Å²) < 4.78 is 6.27. The van der Waals surface area contributed by atoms with Crippen LogP contribution < -0.4 is 0 Å². The Labute approximate surface area is 115 Å². The van der Waals surface area contributed by atoms with Crippen molar-refractivity contribution < 1.29 is 9.53 Å². The Hall–Kier alpha value is -0.123. The summed E-state index contributed by atoms with van der Waals surface area (Å²) in [6.07, 6.45) is 0.343. The topological polar surface area (TPSA) is 29.5 Å². The maximum absolute atomic E-state index is 9.90. The van der Waals surface area contributed by atoms with E-state index in [-0.39, 0.29) is 23.2 Å². The van der Waals surface area contributed by atoms with Crippen LogP contribution in [0.25, 0.3) is 0 Å². The first-order chi connectivity index (χ1) is 7.88. The molecule has 0 heterocycles. The van der Waals surface area contributed by atoms with Gasteiger partial charge in [0, 0.05) is 0 Å². The third kappa shape index (κ3) is 5.25. The second kappa shape index (κ2) is 6.35. The van der Waals surface area contributed by atoms with Gasteiger partial charge in [-0.2, -0.15) is 0 Å². The molecule has 0 aliphatic rings. The number of aliphatic hydroxyl groups is 1. The molecule has 0 saturated carbocycles. The van der Waals surface area contributed by atoms with Crippen molar-refractivity contribution in [2.45, 2.75) is 78.3 Å². The number of aliphatic hydroxyl groups excluding tert-OH is 1. The van der Waals surface area contributed by atoms with Gasteiger partial charge in [0.05, 0.1) is 12.2 Å². The lowest BCUT2D eigenvalue weighted by Gasteiger charge is -2.39. The van der Waals surface area contributed by atoms with Gasteiger partial charge in [-0.1, -0.05) is 41.2 Å². The Morgan fingerprint density at radius 2 is 1.67 bits per heavy atom. The molecular weight excluding hydrogens is 240 g/mol. The van der Waals surface area contributed by atoms with E-state index in [1.165, 1.54) is 0 Å². The summed E-state index contributed by atoms with van der Waals surface area (Å²) in [6.45, 7) is 21.4. The van der Waals surface area contributed by atoms with E-state index in [9.17, 15) is 5.11 Å². The fourth-order valence-electron chi connectivity index (χ4n) is 1.37. The minimum Gasteiger partial charge on any atom is -0.411 e. The van der Waals surface area contributed by atoms with Gasteiger partial charge in [0.15, 0.2) is 8.32 Å². The fraction of sp³-hybridized carbons (Fsp3) is 0.867. The zero-order valence-corrected chi connectivity index (χ0v) is 14.5. The zero-order chi connectivity index (χ0) is 14.7. The molecule has 2 atom stereocenters. The predicted octanol–water partition coefficient (Wildman–Crippen LogP) is 4.36. The van der Waals surface area contributed by atoms with Crippen molar-refractivity contribution in [2.24, 2.45) is 5.92 Å². The maximum Gasteiger partial charge on any atom is 0.192 e. The van der Waals surface area contributed by atoms with Gasteiger partial charge in [0.1, 0.15) is 0 Å². The molecule has 1 N–H and O–H groups in total. The van der Waals surface area contributed by atoms with Crippen LogP contribution in [0.2, 0.25) is 18.1 Å². The molecule has 18 heavy (non-hydrogen) atoms. The van der Waals surface area contributed by atoms with Crippen LogP contribution in [-0.4, -0.2) is 25.6 Å². The van der Waals surface area contributed by atoms with Gasteiger partial charge in [-0.3, -0.25) is 0 Å². The van der Waals surface area contributed by atoms with E-state index in [0.717, 1.165) is 5.57 Å². The van der Waals surface area contributed by atoms with E-state index in [1.54, 1.807) is 0 Å². The highest BCUT2D eigenvalue weighted by molar-refractivity contribution is 6.74. The van der Waals surface area contributed by atoms with Crippen LogP contribution in [0.3, 0.4) is 0 Å². The lowest BCUT2D eigenvalue weighted by atomic mass is 9.98. The summed E-state index contributed by atoms with van der Waals surface area (Å²) in [5.41, 5.74) is 1.00. The van der Waals surface area contributed by atoms with Crippen LogP contribution in [0, 0.1) is 5.92 Å². The van der Waals surface area contributed by atoms with Crippen molar-refractivity contribution in [1.29, 1.82) is 0 Å². The molecule has 0 amide bonds. The summed E-state index contributed by atoms with van der Waals surface area (Å²) in [6, 6.07) is 0. The largest absolute Gasteiger partial charge is 0.411 e. The predicted molar refractivity (Wildman–Crippen MR) is 82.3 cm³/mol. The van der Waals surface area contributed by atoms with Crippen LogP contribution in [0.4, 0.5) is 0 Å². The van der Waals surface area contributed by atoms with E-state index in [0.29, 0.717) is 6.42 Å². The molecule has 0 aliphatic carbocycles. The molecule has 0 rings (SSSR count). The van der Waals surface area contributed by atoms with Crippen molar-refractivity contribution in [3.05, 3.63) is 12.2 Å². The number of hydrogen-bond acceptors (Lipinski definition) is 2. The van der Waals surface area contributed by atoms with Crippen LogP contribution in [0.1, 0.15) is 48.0 Å². The lowest BCUT2D eigenvalue weighted by Crippen LogP contribution is -2.43. The highest BCUT2D eigenvalue weighted by Gasteiger charge is 2.38. The first-order valence-corrected chi connectivity index (χ1v) is 9.83. The molecule has 0 spiro atoms. The van der Waals surface area contributed by atoms with Crippen molar-refractivity contribution in [3.63, 3.8) is 0 Å². The van der Waals surface area contributed by atoms with Crippen molar-refractivity contribution in [2.75, 3.05) is 0 Å². The Kier molecular flexibility index (Phi) is 6.31. The van der Waals surface area contributed by atoms with Gasteiger partial charge < -0.3 is 9.53 Å². The molecule has 0 unspecified atom stereocenters. The highest BCUT2D eigenvalue weighted by atomic mass is 28.4. The molecule has 0 aromatic heterocycles. The van der Waals surface area contributed by atoms with E-state index >= 15 is 0 Å². The van der Waals surface area contributed by atoms with Crippen LogP contribution in [0.5, 0.6) is 0 Å². The standard InChI is InChI=1S/C15H32O2Si/c1-11(2)14(16)10-12(3)13(4)17-18(8,9)15(5,6)7/h11,13-14,16H,3,10H2,1-2,4-9H3/t13-,14+/m0/s1. The molecule has 0 saturated heterocycles. The van der Waals surface area contributed by atoms with Crippen LogP contribution in [0.15, 0.2) is 12.2 Å². The molecule has 108 valence electrons. The minimum absolute atomic E-state index is 0.0271. The minimum atomic E-state index is -1.75. The molecule has 0 fully saturated rings. The summed E-state index contributed by atoms with van der Waals surface area (Å²) in [7, 11) is -1.75. The quantitative estimate of drug-likeness (QED) is 0.575. The first-order valence-electron chi connectivity index (χ1n) is 6.92. The third-order valence-electron chi connectivity index (χ3n) is 4.09. The zero-order valence-electron chi connectivity index (χ0n) is 13.5. The summed E-state index contributed by atoms with van der Waals surface area (Å²) in [5.74, 6) is 0.266. The van der Waals surface area contributed by atoms with Crippen LogP contribution >= 0.6 is 0 Å². The van der Waals surface area contributed by atoms with Gasteiger partial charge in [0.25, 0.3) is 0 Å². The molecule has 0 aromatic rings. The normalized spacial score (nSPS) is 16.8. The van der Waals surface area contributed by atoms with Crippen molar-refractivity contribution in [1.82, 2.24) is 0 Å². The Morgan fingerprint density at radius 3 is 2.00 bits per heavy atom. The molecule has 3 heteroatoms. The molecule has 0 aromatic carbocycles. The Bertz CT molecular complexity index is 277. The molecular formula is C15H32O2Si. The smallest absolute Gasteiger partial charge is 0.192 e. The fourth-order valence-corrected chi connectivity index (χ4v) is 2.78. The average molecular weight is 273 g/mol. The number of rotatable bonds is 6. The van der Waals surface area contributed by atoms with Gasteiger partial charge in [-0.15, -0.1) is 0 Å². The Balaban J connectivity index is 4.50. The average Bonchev–Trinajstić information content (AvgIpc) is 2.14. The van der Waals surface area contributed by atoms with E-state index in [2.05, 4.69) is 47.4 Å².